The first-order valence-electron chi connectivity index (χ1n) is 7.27. The summed E-state index contributed by atoms with van der Waals surface area (Å²) in [5, 5.41) is 0. The van der Waals surface area contributed by atoms with Gasteiger partial charge >= 0.3 is 0 Å². The minimum absolute atomic E-state index is 0.898. The molecule has 0 heterocycles. The van der Waals surface area contributed by atoms with Crippen molar-refractivity contribution in [3.05, 3.63) is 90.0 Å². The van der Waals surface area contributed by atoms with E-state index in [0.29, 0.717) is 0 Å². The molecule has 3 heteroatoms. The molecule has 0 aliphatic rings. The fraction of sp³-hybridized carbons (Fsp3) is 0.100. The van der Waals surface area contributed by atoms with Crippen LogP contribution in [0.2, 0.25) is 0 Å². The fourth-order valence-corrected chi connectivity index (χ4v) is 2.54. The van der Waals surface area contributed by atoms with E-state index in [4.69, 9.17) is 4.74 Å². The molecule has 0 aliphatic carbocycles. The highest BCUT2D eigenvalue weighted by Gasteiger charge is 2.05. The summed E-state index contributed by atoms with van der Waals surface area (Å²) in [6.45, 7) is 0. The van der Waals surface area contributed by atoms with Gasteiger partial charge in [-0.1, -0.05) is 66.7 Å². The first kappa shape index (κ1) is 18.0. The highest BCUT2D eigenvalue weighted by molar-refractivity contribution is 14.2. The predicted octanol–water partition coefficient (Wildman–Crippen LogP) is 6.68. The van der Waals surface area contributed by atoms with Crippen molar-refractivity contribution in [1.82, 2.24) is 0 Å². The van der Waals surface area contributed by atoms with E-state index in [2.05, 4.69) is 79.4 Å². The molecule has 1 nitrogen and oxygen atoms in total. The number of hydrogen-bond donors (Lipinski definition) is 0. The third-order valence-electron chi connectivity index (χ3n) is 3.66. The van der Waals surface area contributed by atoms with Crippen LogP contribution in [0.25, 0.3) is 11.1 Å². The normalized spacial score (nSPS) is 9.70. The SMILES string of the molecule is BrI.COc1ccc(Cc2ccccc2-c2ccccc2)cc1. The molecule has 118 valence electrons. The van der Waals surface area contributed by atoms with Crippen LogP contribution in [0.15, 0.2) is 78.9 Å². The Kier molecular flexibility index (Phi) is 7.62. The minimum atomic E-state index is 0.898. The van der Waals surface area contributed by atoms with E-state index in [1.807, 2.05) is 32.5 Å². The van der Waals surface area contributed by atoms with E-state index in [1.165, 1.54) is 22.3 Å². The largest absolute Gasteiger partial charge is 0.497 e. The monoisotopic (exact) mass is 480 g/mol. The van der Waals surface area contributed by atoms with Crippen molar-refractivity contribution < 1.29 is 4.74 Å². The molecule has 0 N–H and O–H groups in total. The lowest BCUT2D eigenvalue weighted by molar-refractivity contribution is 0.414. The number of rotatable bonds is 4. The molecule has 0 spiro atoms. The Balaban J connectivity index is 0.000000924. The van der Waals surface area contributed by atoms with Gasteiger partial charge in [0, 0.05) is 20.4 Å². The molecule has 0 unspecified atom stereocenters. The van der Waals surface area contributed by atoms with Crippen molar-refractivity contribution in [3.8, 4) is 16.9 Å². The van der Waals surface area contributed by atoms with Gasteiger partial charge in [-0.15, -0.1) is 0 Å². The summed E-state index contributed by atoms with van der Waals surface area (Å²) >= 11 is 4.87. The minimum Gasteiger partial charge on any atom is -0.497 e. The van der Waals surface area contributed by atoms with Crippen LogP contribution in [-0.2, 0) is 6.42 Å². The fourth-order valence-electron chi connectivity index (χ4n) is 2.54. The van der Waals surface area contributed by atoms with Gasteiger partial charge in [-0.25, -0.2) is 0 Å². The van der Waals surface area contributed by atoms with Crippen molar-refractivity contribution >= 4 is 33.1 Å². The second kappa shape index (κ2) is 9.73. The Morgan fingerprint density at radius 3 is 2.04 bits per heavy atom. The predicted molar refractivity (Wildman–Crippen MR) is 111 cm³/mol. The van der Waals surface area contributed by atoms with Gasteiger partial charge in [-0.2, -0.15) is 0 Å². The van der Waals surface area contributed by atoms with Crippen molar-refractivity contribution in [2.24, 2.45) is 0 Å². The Morgan fingerprint density at radius 2 is 1.39 bits per heavy atom. The first-order chi connectivity index (χ1) is 11.4. The van der Waals surface area contributed by atoms with Crippen LogP contribution >= 0.6 is 33.1 Å². The molecule has 3 aromatic rings. The summed E-state index contributed by atoms with van der Waals surface area (Å²) in [6.07, 6.45) is 0.926. The van der Waals surface area contributed by atoms with Gasteiger partial charge in [0.25, 0.3) is 0 Å². The number of ether oxygens (including phenoxy) is 1. The van der Waals surface area contributed by atoms with E-state index in [9.17, 15) is 0 Å². The molecular weight excluding hydrogens is 463 g/mol. The van der Waals surface area contributed by atoms with E-state index in [-0.39, 0.29) is 0 Å². The topological polar surface area (TPSA) is 9.23 Å². The highest BCUT2D eigenvalue weighted by atomic mass is 127. The second-order valence-electron chi connectivity index (χ2n) is 5.05. The van der Waals surface area contributed by atoms with Crippen LogP contribution in [-0.4, -0.2) is 7.11 Å². The smallest absolute Gasteiger partial charge is 0.118 e. The quantitative estimate of drug-likeness (QED) is 0.378. The summed E-state index contributed by atoms with van der Waals surface area (Å²) in [5.41, 5.74) is 5.20. The molecular formula is C20H18BrIO. The van der Waals surface area contributed by atoms with Crippen molar-refractivity contribution in [3.63, 3.8) is 0 Å². The van der Waals surface area contributed by atoms with Crippen molar-refractivity contribution in [2.45, 2.75) is 6.42 Å². The Hall–Kier alpha value is -1.33. The maximum absolute atomic E-state index is 5.21. The van der Waals surface area contributed by atoms with Crippen LogP contribution in [0.5, 0.6) is 5.75 Å². The van der Waals surface area contributed by atoms with Gasteiger partial charge in [-0.3, -0.25) is 0 Å². The van der Waals surface area contributed by atoms with Crippen LogP contribution in [0.4, 0.5) is 0 Å². The summed E-state index contributed by atoms with van der Waals surface area (Å²) < 4.78 is 5.21. The Labute approximate surface area is 157 Å². The van der Waals surface area contributed by atoms with Gasteiger partial charge in [0.05, 0.1) is 7.11 Å². The van der Waals surface area contributed by atoms with Crippen molar-refractivity contribution in [2.75, 3.05) is 7.11 Å². The van der Waals surface area contributed by atoms with Gasteiger partial charge in [-0.05, 0) is 53.5 Å². The molecule has 0 aromatic heterocycles. The van der Waals surface area contributed by atoms with E-state index in [1.54, 1.807) is 7.11 Å². The summed E-state index contributed by atoms with van der Waals surface area (Å²) in [7, 11) is 1.69. The zero-order valence-corrected chi connectivity index (χ0v) is 16.6. The van der Waals surface area contributed by atoms with Crippen LogP contribution < -0.4 is 4.74 Å². The standard InChI is InChI=1S/C20H18O.BrI/c1-21-19-13-11-16(12-14-19)15-18-9-5-6-10-20(18)17-7-3-2-4-8-17;1-2/h2-14H,15H2,1H3;. The maximum Gasteiger partial charge on any atom is 0.118 e. The molecule has 0 radical (unpaired) electrons. The maximum atomic E-state index is 5.21. The highest BCUT2D eigenvalue weighted by Crippen LogP contribution is 2.26. The van der Waals surface area contributed by atoms with E-state index < -0.39 is 0 Å². The van der Waals surface area contributed by atoms with Crippen LogP contribution in [0, 0.1) is 0 Å². The zero-order valence-electron chi connectivity index (χ0n) is 12.9. The first-order valence-corrected chi connectivity index (χ1v) is 12.1. The summed E-state index contributed by atoms with van der Waals surface area (Å²) in [4.78, 5) is 0. The third-order valence-corrected chi connectivity index (χ3v) is 3.66. The van der Waals surface area contributed by atoms with Crippen LogP contribution in [0.3, 0.4) is 0 Å². The molecule has 0 aliphatic heterocycles. The lowest BCUT2D eigenvalue weighted by Gasteiger charge is -2.10. The lowest BCUT2D eigenvalue weighted by atomic mass is 9.95. The molecule has 0 fully saturated rings. The molecule has 0 saturated heterocycles. The third kappa shape index (κ3) is 5.08. The summed E-state index contributed by atoms with van der Waals surface area (Å²) in [5.74, 6) is 0.898. The average molecular weight is 481 g/mol. The second-order valence-corrected chi connectivity index (χ2v) is 5.05. The molecule has 0 amide bonds. The van der Waals surface area contributed by atoms with Gasteiger partial charge in [0.1, 0.15) is 5.75 Å². The molecule has 3 aromatic carbocycles. The molecule has 0 saturated carbocycles. The summed E-state index contributed by atoms with van der Waals surface area (Å²) in [6, 6.07) is 27.4. The van der Waals surface area contributed by atoms with Gasteiger partial charge in [0.15, 0.2) is 0 Å². The van der Waals surface area contributed by atoms with Gasteiger partial charge < -0.3 is 4.74 Å². The molecule has 0 atom stereocenters. The molecule has 3 rings (SSSR count). The van der Waals surface area contributed by atoms with E-state index in [0.717, 1.165) is 12.2 Å². The number of halogens is 2. The lowest BCUT2D eigenvalue weighted by Crippen LogP contribution is -1.92. The molecule has 0 bridgehead atoms. The van der Waals surface area contributed by atoms with Crippen LogP contribution in [0.1, 0.15) is 11.1 Å². The number of hydrogen-bond acceptors (Lipinski definition) is 1. The van der Waals surface area contributed by atoms with Crippen molar-refractivity contribution in [1.29, 1.82) is 0 Å². The van der Waals surface area contributed by atoms with Gasteiger partial charge in [0.2, 0.25) is 0 Å². The zero-order chi connectivity index (χ0) is 16.5. The number of benzene rings is 3. The van der Waals surface area contributed by atoms with E-state index >= 15 is 0 Å². The Morgan fingerprint density at radius 1 is 0.783 bits per heavy atom. The molecule has 23 heavy (non-hydrogen) atoms. The Bertz CT molecular complexity index is 711. The number of methoxy groups -OCH3 is 1. The average Bonchev–Trinajstić information content (AvgIpc) is 2.65.